The van der Waals surface area contributed by atoms with Crippen LogP contribution in [-0.4, -0.2) is 24.3 Å². The first kappa shape index (κ1) is 23.2. The van der Waals surface area contributed by atoms with E-state index < -0.39 is 15.9 Å². The number of rotatable bonds is 5. The minimum Gasteiger partial charge on any atom is -0.438 e. The number of carbonyl (C=O) groups is 1. The summed E-state index contributed by atoms with van der Waals surface area (Å²) >= 11 is 0. The molecule has 2 heterocycles. The van der Waals surface area contributed by atoms with Gasteiger partial charge in [0, 0.05) is 11.1 Å². The van der Waals surface area contributed by atoms with Gasteiger partial charge in [-0.1, -0.05) is 44.5 Å². The molecule has 3 N–H and O–H groups in total. The number of amides is 1. The quantitative estimate of drug-likeness (QED) is 0.599. The predicted molar refractivity (Wildman–Crippen MR) is 122 cm³/mol. The highest BCUT2D eigenvalue weighted by molar-refractivity contribution is 7.90. The second kappa shape index (κ2) is 8.58. The first-order chi connectivity index (χ1) is 14.9. The highest BCUT2D eigenvalue weighted by atomic mass is 32.2. The molecule has 3 aromatic rings. The lowest BCUT2D eigenvalue weighted by molar-refractivity contribution is 0.0978. The van der Waals surface area contributed by atoms with E-state index in [1.54, 1.807) is 12.1 Å². The summed E-state index contributed by atoms with van der Waals surface area (Å²) in [6, 6.07) is 12.9. The van der Waals surface area contributed by atoms with Gasteiger partial charge in [-0.15, -0.1) is 0 Å². The Balaban J connectivity index is 2.01. The first-order valence-corrected chi connectivity index (χ1v) is 11.4. The summed E-state index contributed by atoms with van der Waals surface area (Å²) in [6.07, 6.45) is 0. The van der Waals surface area contributed by atoms with Crippen LogP contribution < -0.4 is 15.2 Å². The van der Waals surface area contributed by atoms with Gasteiger partial charge in [0.1, 0.15) is 17.1 Å². The van der Waals surface area contributed by atoms with Crippen LogP contribution in [0.2, 0.25) is 0 Å². The molecular formula is C23H26N4O4S. The van der Waals surface area contributed by atoms with Crippen molar-refractivity contribution in [3.63, 3.8) is 0 Å². The van der Waals surface area contributed by atoms with Crippen LogP contribution in [-0.2, 0) is 15.4 Å². The fourth-order valence-corrected chi connectivity index (χ4v) is 3.88. The monoisotopic (exact) mass is 454 g/mol. The summed E-state index contributed by atoms with van der Waals surface area (Å²) in [5.41, 5.74) is 7.84. The number of hydrogen-bond donors (Lipinski definition) is 2. The molecule has 0 fully saturated rings. The van der Waals surface area contributed by atoms with Gasteiger partial charge in [-0.3, -0.25) is 4.79 Å². The van der Waals surface area contributed by atoms with Gasteiger partial charge in [-0.2, -0.15) is 8.42 Å². The minimum atomic E-state index is -4.25. The van der Waals surface area contributed by atoms with Gasteiger partial charge < -0.3 is 10.5 Å². The van der Waals surface area contributed by atoms with Crippen molar-refractivity contribution in [3.8, 4) is 11.6 Å². The minimum absolute atomic E-state index is 0.0117. The van der Waals surface area contributed by atoms with Crippen molar-refractivity contribution >= 4 is 21.7 Å². The first-order valence-electron chi connectivity index (χ1n) is 9.93. The molecule has 0 bridgehead atoms. The lowest BCUT2D eigenvalue weighted by Crippen LogP contribution is -2.32. The highest BCUT2D eigenvalue weighted by Crippen LogP contribution is 2.30. The summed E-state index contributed by atoms with van der Waals surface area (Å²) in [7, 11) is -4.25. The standard InChI is InChI=1S/C23H26N4O4S/c1-14-9-11-17(15(2)13-14)31-22-16(10-12-18(25-22)23(3,4)5)21(28)27-32(29,30)20-8-6-7-19(24)26-20/h6-13H,1-5H3,(H2,24,26)(H,27,28). The number of nitrogen functional groups attached to an aromatic ring is 1. The number of sulfonamides is 1. The Morgan fingerprint density at radius 2 is 1.75 bits per heavy atom. The molecule has 168 valence electrons. The zero-order valence-electron chi connectivity index (χ0n) is 18.6. The molecule has 0 saturated heterocycles. The number of ether oxygens (including phenoxy) is 1. The molecule has 1 aromatic carbocycles. The van der Waals surface area contributed by atoms with Gasteiger partial charge in [0.2, 0.25) is 5.88 Å². The molecule has 0 atom stereocenters. The maximum atomic E-state index is 13.0. The molecule has 2 aromatic heterocycles. The zero-order chi connectivity index (χ0) is 23.7. The number of nitrogens with zero attached hydrogens (tertiary/aromatic N) is 2. The van der Waals surface area contributed by atoms with E-state index in [1.165, 1.54) is 24.3 Å². The lowest BCUT2D eigenvalue weighted by atomic mass is 9.91. The Morgan fingerprint density at radius 3 is 2.38 bits per heavy atom. The van der Waals surface area contributed by atoms with Crippen LogP contribution in [0.4, 0.5) is 5.82 Å². The molecule has 8 nitrogen and oxygen atoms in total. The number of nitrogens with two attached hydrogens (primary N) is 1. The third-order valence-corrected chi connectivity index (χ3v) is 5.89. The summed E-state index contributed by atoms with van der Waals surface area (Å²) < 4.78 is 33.3. The van der Waals surface area contributed by atoms with Gasteiger partial charge in [0.25, 0.3) is 15.9 Å². The van der Waals surface area contributed by atoms with Crippen LogP contribution in [0.25, 0.3) is 0 Å². The number of anilines is 1. The largest absolute Gasteiger partial charge is 0.438 e. The number of aryl methyl sites for hydroxylation is 2. The molecule has 0 saturated carbocycles. The zero-order valence-corrected chi connectivity index (χ0v) is 19.4. The molecule has 0 aliphatic rings. The summed E-state index contributed by atoms with van der Waals surface area (Å²) in [5.74, 6) is -0.335. The Bertz CT molecular complexity index is 1280. The summed E-state index contributed by atoms with van der Waals surface area (Å²) in [4.78, 5) is 21.3. The topological polar surface area (TPSA) is 124 Å². The van der Waals surface area contributed by atoms with E-state index >= 15 is 0 Å². The van der Waals surface area contributed by atoms with Crippen LogP contribution in [0.15, 0.2) is 53.6 Å². The second-order valence-corrected chi connectivity index (χ2v) is 10.1. The van der Waals surface area contributed by atoms with Crippen LogP contribution in [0, 0.1) is 13.8 Å². The number of benzene rings is 1. The van der Waals surface area contributed by atoms with E-state index in [0.29, 0.717) is 11.4 Å². The Morgan fingerprint density at radius 1 is 1.03 bits per heavy atom. The van der Waals surface area contributed by atoms with Crippen molar-refractivity contribution < 1.29 is 17.9 Å². The highest BCUT2D eigenvalue weighted by Gasteiger charge is 2.26. The molecule has 0 aliphatic heterocycles. The number of nitrogens with one attached hydrogen (secondary N) is 1. The van der Waals surface area contributed by atoms with E-state index in [1.807, 2.05) is 51.5 Å². The molecule has 0 aliphatic carbocycles. The fraction of sp³-hybridized carbons (Fsp3) is 0.261. The molecule has 0 unspecified atom stereocenters. The molecule has 32 heavy (non-hydrogen) atoms. The third-order valence-electron chi connectivity index (χ3n) is 4.66. The van der Waals surface area contributed by atoms with Gasteiger partial charge in [-0.25, -0.2) is 14.7 Å². The van der Waals surface area contributed by atoms with E-state index in [9.17, 15) is 13.2 Å². The molecule has 9 heteroatoms. The van der Waals surface area contributed by atoms with Crippen molar-refractivity contribution in [3.05, 3.63) is 70.9 Å². The molecule has 1 amide bonds. The van der Waals surface area contributed by atoms with Gasteiger partial charge >= 0.3 is 0 Å². The third kappa shape index (κ3) is 5.23. The molecule has 3 rings (SSSR count). The number of hydrogen-bond acceptors (Lipinski definition) is 7. The predicted octanol–water partition coefficient (Wildman–Crippen LogP) is 3.88. The average Bonchev–Trinajstić information content (AvgIpc) is 2.69. The smallest absolute Gasteiger partial charge is 0.281 e. The molecule has 0 radical (unpaired) electrons. The van der Waals surface area contributed by atoms with Crippen molar-refractivity contribution in [2.24, 2.45) is 0 Å². The lowest BCUT2D eigenvalue weighted by Gasteiger charge is -2.20. The summed E-state index contributed by atoms with van der Waals surface area (Å²) in [5, 5.41) is -0.359. The fourth-order valence-electron chi connectivity index (χ4n) is 2.94. The number of carbonyl (C=O) groups excluding carboxylic acids is 1. The molecular weight excluding hydrogens is 428 g/mol. The van der Waals surface area contributed by atoms with Gasteiger partial charge in [0.05, 0.1) is 0 Å². The average molecular weight is 455 g/mol. The molecule has 0 spiro atoms. The van der Waals surface area contributed by atoms with Crippen molar-refractivity contribution in [1.29, 1.82) is 0 Å². The van der Waals surface area contributed by atoms with Crippen molar-refractivity contribution in [2.75, 3.05) is 5.73 Å². The van der Waals surface area contributed by atoms with Gasteiger partial charge in [0.15, 0.2) is 5.03 Å². The van der Waals surface area contributed by atoms with Crippen LogP contribution >= 0.6 is 0 Å². The van der Waals surface area contributed by atoms with Gasteiger partial charge in [-0.05, 0) is 49.7 Å². The number of pyridine rings is 2. The Hall–Kier alpha value is -3.46. The van der Waals surface area contributed by atoms with Crippen molar-refractivity contribution in [2.45, 2.75) is 45.1 Å². The Labute approximate surface area is 187 Å². The van der Waals surface area contributed by atoms with Crippen LogP contribution in [0.5, 0.6) is 11.6 Å². The van der Waals surface area contributed by atoms with Crippen LogP contribution in [0.3, 0.4) is 0 Å². The number of aromatic nitrogens is 2. The normalized spacial score (nSPS) is 11.8. The Kier molecular flexibility index (Phi) is 6.23. The van der Waals surface area contributed by atoms with E-state index in [-0.39, 0.29) is 27.7 Å². The van der Waals surface area contributed by atoms with E-state index in [0.717, 1.165) is 11.1 Å². The van der Waals surface area contributed by atoms with Crippen molar-refractivity contribution in [1.82, 2.24) is 14.7 Å². The summed E-state index contributed by atoms with van der Waals surface area (Å²) in [6.45, 7) is 9.78. The van der Waals surface area contributed by atoms with E-state index in [4.69, 9.17) is 10.5 Å². The SMILES string of the molecule is Cc1ccc(Oc2nc(C(C)(C)C)ccc2C(=O)NS(=O)(=O)c2cccc(N)n2)c(C)c1. The van der Waals surface area contributed by atoms with Crippen LogP contribution in [0.1, 0.15) is 48.0 Å². The maximum absolute atomic E-state index is 13.0. The van der Waals surface area contributed by atoms with E-state index in [2.05, 4.69) is 9.97 Å². The second-order valence-electron chi connectivity index (χ2n) is 8.51. The maximum Gasteiger partial charge on any atom is 0.281 e.